The van der Waals surface area contributed by atoms with E-state index in [2.05, 4.69) is 28.5 Å². The zero-order valence-electron chi connectivity index (χ0n) is 14.4. The zero-order chi connectivity index (χ0) is 17.6. The van der Waals surface area contributed by atoms with Gasteiger partial charge >= 0.3 is 0 Å². The molecule has 0 radical (unpaired) electrons. The van der Waals surface area contributed by atoms with Gasteiger partial charge in [0.15, 0.2) is 0 Å². The highest BCUT2D eigenvalue weighted by molar-refractivity contribution is 7.98. The average molecular weight is 351 g/mol. The van der Waals surface area contributed by atoms with Crippen LogP contribution < -0.4 is 5.32 Å². The van der Waals surface area contributed by atoms with E-state index in [1.54, 1.807) is 18.0 Å². The van der Waals surface area contributed by atoms with Crippen LogP contribution in [0, 0.1) is 0 Å². The molecule has 0 saturated carbocycles. The minimum atomic E-state index is -0.0165. The lowest BCUT2D eigenvalue weighted by Gasteiger charge is -2.18. The summed E-state index contributed by atoms with van der Waals surface area (Å²) in [6.07, 6.45) is 3.81. The van der Waals surface area contributed by atoms with Crippen LogP contribution in [-0.2, 0) is 11.3 Å². The van der Waals surface area contributed by atoms with Gasteiger partial charge in [0, 0.05) is 23.0 Å². The van der Waals surface area contributed by atoms with Crippen LogP contribution in [-0.4, -0.2) is 35.6 Å². The number of nitrogens with zero attached hydrogens (tertiary/aromatic N) is 2. The van der Waals surface area contributed by atoms with Crippen molar-refractivity contribution in [3.63, 3.8) is 0 Å². The van der Waals surface area contributed by atoms with Crippen LogP contribution >= 0.6 is 11.8 Å². The van der Waals surface area contributed by atoms with Crippen molar-refractivity contribution in [2.75, 3.05) is 25.2 Å². The SMILES string of the molecule is CSc1ccccc1NC(=O)CN(C)Cc1cccc2cccnc12. The Morgan fingerprint density at radius 2 is 1.92 bits per heavy atom. The Morgan fingerprint density at radius 1 is 1.12 bits per heavy atom. The van der Waals surface area contributed by atoms with Crippen LogP contribution in [0.3, 0.4) is 0 Å². The van der Waals surface area contributed by atoms with Gasteiger partial charge in [-0.25, -0.2) is 0 Å². The number of likely N-dealkylation sites (N-methyl/N-ethyl adjacent to an activating group) is 1. The highest BCUT2D eigenvalue weighted by atomic mass is 32.2. The fourth-order valence-corrected chi connectivity index (χ4v) is 3.38. The van der Waals surface area contributed by atoms with E-state index in [0.29, 0.717) is 13.1 Å². The first-order valence-electron chi connectivity index (χ1n) is 8.11. The van der Waals surface area contributed by atoms with Gasteiger partial charge in [0.05, 0.1) is 17.7 Å². The summed E-state index contributed by atoms with van der Waals surface area (Å²) in [5, 5.41) is 4.12. The quantitative estimate of drug-likeness (QED) is 0.681. The topological polar surface area (TPSA) is 45.2 Å². The highest BCUT2D eigenvalue weighted by Crippen LogP contribution is 2.24. The molecule has 4 nitrogen and oxygen atoms in total. The highest BCUT2D eigenvalue weighted by Gasteiger charge is 2.11. The monoisotopic (exact) mass is 351 g/mol. The summed E-state index contributed by atoms with van der Waals surface area (Å²) in [7, 11) is 1.95. The van der Waals surface area contributed by atoms with Gasteiger partial charge in [0.1, 0.15) is 0 Å². The summed E-state index contributed by atoms with van der Waals surface area (Å²) in [6, 6.07) is 18.0. The molecule has 5 heteroatoms. The summed E-state index contributed by atoms with van der Waals surface area (Å²) >= 11 is 1.62. The number of thioether (sulfide) groups is 1. The summed E-state index contributed by atoms with van der Waals surface area (Å²) in [4.78, 5) is 19.9. The lowest BCUT2D eigenvalue weighted by molar-refractivity contribution is -0.117. The molecule has 0 bridgehead atoms. The Hall–Kier alpha value is -2.37. The van der Waals surface area contributed by atoms with Crippen molar-refractivity contribution in [2.45, 2.75) is 11.4 Å². The predicted octanol–water partition coefficient (Wildman–Crippen LogP) is 4.03. The largest absolute Gasteiger partial charge is 0.324 e. The van der Waals surface area contributed by atoms with E-state index in [1.807, 2.05) is 54.6 Å². The van der Waals surface area contributed by atoms with Crippen molar-refractivity contribution in [3.05, 3.63) is 66.4 Å². The summed E-state index contributed by atoms with van der Waals surface area (Å²) in [5.41, 5.74) is 2.98. The Labute approximate surface area is 152 Å². The minimum Gasteiger partial charge on any atom is -0.324 e. The fourth-order valence-electron chi connectivity index (χ4n) is 2.82. The normalized spacial score (nSPS) is 11.0. The number of para-hydroxylation sites is 2. The smallest absolute Gasteiger partial charge is 0.238 e. The van der Waals surface area contributed by atoms with Crippen molar-refractivity contribution in [2.24, 2.45) is 0 Å². The molecule has 0 aliphatic carbocycles. The third-order valence-electron chi connectivity index (χ3n) is 3.95. The number of carbonyl (C=O) groups is 1. The molecule has 0 fully saturated rings. The first kappa shape index (κ1) is 17.5. The second kappa shape index (κ2) is 8.14. The number of carbonyl (C=O) groups excluding carboxylic acids is 1. The van der Waals surface area contributed by atoms with Crippen molar-refractivity contribution >= 4 is 34.3 Å². The molecular weight excluding hydrogens is 330 g/mol. The van der Waals surface area contributed by atoms with E-state index < -0.39 is 0 Å². The van der Waals surface area contributed by atoms with Gasteiger partial charge < -0.3 is 5.32 Å². The van der Waals surface area contributed by atoms with Crippen LogP contribution in [0.15, 0.2) is 65.7 Å². The van der Waals surface area contributed by atoms with E-state index in [9.17, 15) is 4.79 Å². The van der Waals surface area contributed by atoms with Gasteiger partial charge in [0.25, 0.3) is 0 Å². The molecule has 1 heterocycles. The molecular formula is C20H21N3OS. The number of nitrogens with one attached hydrogen (secondary N) is 1. The van der Waals surface area contributed by atoms with Crippen LogP contribution in [0.25, 0.3) is 10.9 Å². The number of benzene rings is 2. The molecule has 2 aromatic carbocycles. The summed E-state index contributed by atoms with van der Waals surface area (Å²) < 4.78 is 0. The Morgan fingerprint density at radius 3 is 2.76 bits per heavy atom. The minimum absolute atomic E-state index is 0.0165. The standard InChI is InChI=1S/C20H21N3OS/c1-23(13-16-8-5-7-15-9-6-12-21-20(15)16)14-19(24)22-17-10-3-4-11-18(17)25-2/h3-12H,13-14H2,1-2H3,(H,22,24). The van der Waals surface area contributed by atoms with Crippen molar-refractivity contribution in [1.29, 1.82) is 0 Å². The van der Waals surface area contributed by atoms with Crippen molar-refractivity contribution in [3.8, 4) is 0 Å². The van der Waals surface area contributed by atoms with Gasteiger partial charge in [0.2, 0.25) is 5.91 Å². The number of hydrogen-bond acceptors (Lipinski definition) is 4. The number of rotatable bonds is 6. The molecule has 0 spiro atoms. The molecule has 0 unspecified atom stereocenters. The Bertz CT molecular complexity index is 876. The number of fused-ring (bicyclic) bond motifs is 1. The molecule has 0 saturated heterocycles. The number of amides is 1. The molecule has 0 atom stereocenters. The van der Waals surface area contributed by atoms with Crippen LogP contribution in [0.1, 0.15) is 5.56 Å². The molecule has 25 heavy (non-hydrogen) atoms. The van der Waals surface area contributed by atoms with E-state index in [1.165, 1.54) is 0 Å². The van der Waals surface area contributed by atoms with E-state index in [4.69, 9.17) is 0 Å². The predicted molar refractivity (Wildman–Crippen MR) is 105 cm³/mol. The zero-order valence-corrected chi connectivity index (χ0v) is 15.2. The van der Waals surface area contributed by atoms with Crippen molar-refractivity contribution in [1.82, 2.24) is 9.88 Å². The molecule has 3 aromatic rings. The van der Waals surface area contributed by atoms with Crippen LogP contribution in [0.2, 0.25) is 0 Å². The Kier molecular flexibility index (Phi) is 5.68. The number of pyridine rings is 1. The third kappa shape index (κ3) is 4.38. The van der Waals surface area contributed by atoms with Gasteiger partial charge in [-0.2, -0.15) is 0 Å². The molecule has 1 N–H and O–H groups in total. The maximum absolute atomic E-state index is 12.4. The maximum atomic E-state index is 12.4. The van der Waals surface area contributed by atoms with Crippen molar-refractivity contribution < 1.29 is 4.79 Å². The second-order valence-electron chi connectivity index (χ2n) is 5.91. The van der Waals surface area contributed by atoms with E-state index in [0.717, 1.165) is 27.0 Å². The van der Waals surface area contributed by atoms with E-state index in [-0.39, 0.29) is 5.91 Å². The third-order valence-corrected chi connectivity index (χ3v) is 4.75. The number of hydrogen-bond donors (Lipinski definition) is 1. The molecule has 128 valence electrons. The van der Waals surface area contributed by atoms with Gasteiger partial charge in [-0.05, 0) is 37.1 Å². The van der Waals surface area contributed by atoms with Crippen LogP contribution in [0.5, 0.6) is 0 Å². The lowest BCUT2D eigenvalue weighted by atomic mass is 10.1. The molecule has 1 aromatic heterocycles. The maximum Gasteiger partial charge on any atom is 0.238 e. The summed E-state index contributed by atoms with van der Waals surface area (Å²) in [5.74, 6) is -0.0165. The molecule has 0 aliphatic heterocycles. The molecule has 0 aliphatic rings. The van der Waals surface area contributed by atoms with Gasteiger partial charge in [-0.3, -0.25) is 14.7 Å². The fraction of sp³-hybridized carbons (Fsp3) is 0.200. The molecule has 1 amide bonds. The lowest BCUT2D eigenvalue weighted by Crippen LogP contribution is -2.30. The average Bonchev–Trinajstić information content (AvgIpc) is 2.62. The van der Waals surface area contributed by atoms with Crippen LogP contribution in [0.4, 0.5) is 5.69 Å². The van der Waals surface area contributed by atoms with Gasteiger partial charge in [-0.1, -0.05) is 36.4 Å². The molecule has 3 rings (SSSR count). The number of aromatic nitrogens is 1. The van der Waals surface area contributed by atoms with E-state index >= 15 is 0 Å². The van der Waals surface area contributed by atoms with Gasteiger partial charge in [-0.15, -0.1) is 11.8 Å². The Balaban J connectivity index is 1.65. The summed E-state index contributed by atoms with van der Waals surface area (Å²) in [6.45, 7) is 0.998. The first-order chi connectivity index (χ1) is 12.2. The first-order valence-corrected chi connectivity index (χ1v) is 9.34. The second-order valence-corrected chi connectivity index (χ2v) is 6.76. The number of anilines is 1.